The maximum Gasteiger partial charge on any atom is 0.162 e. The van der Waals surface area contributed by atoms with Crippen molar-refractivity contribution >= 4 is 27.3 Å². The van der Waals surface area contributed by atoms with Gasteiger partial charge in [0.05, 0.1) is 0 Å². The van der Waals surface area contributed by atoms with Crippen LogP contribution in [0.25, 0.3) is 5.57 Å². The number of aryl methyl sites for hydroxylation is 1. The molecule has 4 heteroatoms. The second-order valence-electron chi connectivity index (χ2n) is 8.91. The van der Waals surface area contributed by atoms with Crippen LogP contribution in [0.4, 0.5) is 4.39 Å². The molecule has 35 heavy (non-hydrogen) atoms. The average molecular weight is 535 g/mol. The molecule has 0 aromatic heterocycles. The number of carbonyl (C=O) groups is 1. The first-order valence-electron chi connectivity index (χ1n) is 11.9. The van der Waals surface area contributed by atoms with Crippen molar-refractivity contribution in [1.29, 1.82) is 0 Å². The molecule has 3 rings (SSSR count). The Morgan fingerprint density at radius 1 is 1.03 bits per heavy atom. The van der Waals surface area contributed by atoms with Crippen LogP contribution < -0.4 is 4.74 Å². The minimum atomic E-state index is -0.262. The maximum absolute atomic E-state index is 13.7. The van der Waals surface area contributed by atoms with Crippen molar-refractivity contribution in [2.75, 3.05) is 0 Å². The smallest absolute Gasteiger partial charge is 0.162 e. The molecule has 0 amide bonds. The van der Waals surface area contributed by atoms with Crippen molar-refractivity contribution < 1.29 is 13.9 Å². The summed E-state index contributed by atoms with van der Waals surface area (Å²) in [6, 6.07) is 18.6. The van der Waals surface area contributed by atoms with E-state index in [2.05, 4.69) is 48.0 Å². The van der Waals surface area contributed by atoms with Crippen molar-refractivity contribution in [1.82, 2.24) is 0 Å². The fourth-order valence-corrected chi connectivity index (χ4v) is 4.21. The molecule has 0 aliphatic heterocycles. The Morgan fingerprint density at radius 2 is 1.83 bits per heavy atom. The fraction of sp³-hybridized carbons (Fsp3) is 0.258. The zero-order valence-corrected chi connectivity index (χ0v) is 22.4. The largest absolute Gasteiger partial charge is 0.488 e. The predicted octanol–water partition coefficient (Wildman–Crippen LogP) is 9.05. The molecule has 3 aromatic rings. The van der Waals surface area contributed by atoms with E-state index in [1.165, 1.54) is 17.7 Å². The van der Waals surface area contributed by atoms with E-state index in [9.17, 15) is 9.18 Å². The molecule has 0 N–H and O–H groups in total. The van der Waals surface area contributed by atoms with E-state index in [-0.39, 0.29) is 11.6 Å². The van der Waals surface area contributed by atoms with E-state index >= 15 is 0 Å². The fourth-order valence-electron chi connectivity index (χ4n) is 3.85. The average Bonchev–Trinajstić information content (AvgIpc) is 2.84. The lowest BCUT2D eigenvalue weighted by Gasteiger charge is -2.14. The maximum atomic E-state index is 13.7. The lowest BCUT2D eigenvalue weighted by Crippen LogP contribution is -2.01. The molecule has 0 saturated carbocycles. The number of allylic oxidation sites excluding steroid dienone is 4. The summed E-state index contributed by atoms with van der Waals surface area (Å²) in [5, 5.41) is 0. The van der Waals surface area contributed by atoms with Crippen molar-refractivity contribution in [3.05, 3.63) is 116 Å². The molecule has 0 aliphatic carbocycles. The zero-order chi connectivity index (χ0) is 25.4. The molecule has 3 aromatic carbocycles. The minimum Gasteiger partial charge on any atom is -0.488 e. The Kier molecular flexibility index (Phi) is 9.62. The number of carbonyl (C=O) groups excluding carboxylic acids is 1. The Hall–Kier alpha value is -2.98. The van der Waals surface area contributed by atoms with Crippen LogP contribution in [0, 0.1) is 12.7 Å². The zero-order valence-electron chi connectivity index (χ0n) is 20.8. The van der Waals surface area contributed by atoms with Gasteiger partial charge in [0.15, 0.2) is 5.78 Å². The van der Waals surface area contributed by atoms with E-state index in [1.807, 2.05) is 50.2 Å². The van der Waals surface area contributed by atoms with Crippen LogP contribution in [0.15, 0.2) is 82.9 Å². The van der Waals surface area contributed by atoms with Gasteiger partial charge in [-0.1, -0.05) is 64.8 Å². The molecule has 2 nitrogen and oxygen atoms in total. The predicted molar refractivity (Wildman–Crippen MR) is 146 cm³/mol. The number of Topliss-reactive ketones (excluding diaryl/α,β-unsaturated/α-hetero) is 1. The van der Waals surface area contributed by atoms with Gasteiger partial charge in [0, 0.05) is 22.0 Å². The van der Waals surface area contributed by atoms with Crippen LogP contribution in [-0.2, 0) is 13.0 Å². The monoisotopic (exact) mass is 534 g/mol. The van der Waals surface area contributed by atoms with Crippen LogP contribution in [-0.4, -0.2) is 5.78 Å². The molecule has 0 fully saturated rings. The van der Waals surface area contributed by atoms with Gasteiger partial charge in [0.1, 0.15) is 18.2 Å². The van der Waals surface area contributed by atoms with Gasteiger partial charge in [-0.15, -0.1) is 0 Å². The van der Waals surface area contributed by atoms with Gasteiger partial charge in [-0.2, -0.15) is 0 Å². The van der Waals surface area contributed by atoms with Crippen molar-refractivity contribution in [3.63, 3.8) is 0 Å². The highest BCUT2D eigenvalue weighted by Gasteiger charge is 2.09. The van der Waals surface area contributed by atoms with Crippen molar-refractivity contribution in [2.45, 2.75) is 53.6 Å². The first-order chi connectivity index (χ1) is 16.8. The molecule has 0 spiro atoms. The first-order valence-corrected chi connectivity index (χ1v) is 12.7. The standard InChI is InChI=1S/C31H32BrFO2/c1-5-7-30(34)25-9-6-8-24(17-25)16-21(2)10-11-23(4)29-19-27(32)13-15-31(29)35-20-26-18-28(33)14-12-22(26)3/h6,8-15,17-19H,5,7,16,20H2,1-4H3/b21-10-,23-11+. The van der Waals surface area contributed by atoms with Crippen LogP contribution in [0.2, 0.25) is 0 Å². The molecule has 182 valence electrons. The number of rotatable bonds is 10. The van der Waals surface area contributed by atoms with Crippen LogP contribution in [0.1, 0.15) is 66.2 Å². The second kappa shape index (κ2) is 12.6. The molecule has 0 atom stereocenters. The van der Waals surface area contributed by atoms with Gasteiger partial charge in [0.25, 0.3) is 0 Å². The van der Waals surface area contributed by atoms with Crippen LogP contribution in [0.3, 0.4) is 0 Å². The van der Waals surface area contributed by atoms with E-state index in [0.29, 0.717) is 13.0 Å². The number of ketones is 1. The Bertz CT molecular complexity index is 1260. The highest BCUT2D eigenvalue weighted by atomic mass is 79.9. The number of halogens is 2. The molecule has 0 heterocycles. The van der Waals surface area contributed by atoms with Gasteiger partial charge < -0.3 is 4.74 Å². The van der Waals surface area contributed by atoms with Gasteiger partial charge in [-0.25, -0.2) is 4.39 Å². The van der Waals surface area contributed by atoms with Gasteiger partial charge >= 0.3 is 0 Å². The number of hydrogen-bond donors (Lipinski definition) is 0. The van der Waals surface area contributed by atoms with Crippen LogP contribution in [0.5, 0.6) is 5.75 Å². The Morgan fingerprint density at radius 3 is 2.60 bits per heavy atom. The molecule has 0 aliphatic rings. The minimum absolute atomic E-state index is 0.197. The Labute approximate surface area is 216 Å². The molecular formula is C31H32BrFO2. The van der Waals surface area contributed by atoms with Gasteiger partial charge in [-0.05, 0) is 92.3 Å². The third-order valence-corrected chi connectivity index (χ3v) is 6.38. The quantitative estimate of drug-likeness (QED) is 0.191. The first kappa shape index (κ1) is 26.6. The normalized spacial score (nSPS) is 12.1. The summed E-state index contributed by atoms with van der Waals surface area (Å²) < 4.78 is 20.7. The number of hydrogen-bond acceptors (Lipinski definition) is 2. The molecule has 0 saturated heterocycles. The summed E-state index contributed by atoms with van der Waals surface area (Å²) in [6.45, 7) is 8.42. The van der Waals surface area contributed by atoms with Crippen molar-refractivity contribution in [3.8, 4) is 5.75 Å². The highest BCUT2D eigenvalue weighted by molar-refractivity contribution is 9.10. The SMILES string of the molecule is CCCC(=O)c1cccc(C/C(C)=C\C=C(/C)c2cc(Br)ccc2OCc2cc(F)ccc2C)c1. The second-order valence-corrected chi connectivity index (χ2v) is 9.83. The molecule has 0 unspecified atom stereocenters. The lowest BCUT2D eigenvalue weighted by atomic mass is 9.99. The third kappa shape index (κ3) is 7.76. The number of ether oxygens (including phenoxy) is 1. The lowest BCUT2D eigenvalue weighted by molar-refractivity contribution is 0.0981. The summed E-state index contributed by atoms with van der Waals surface area (Å²) in [5.74, 6) is 0.684. The van der Waals surface area contributed by atoms with E-state index in [4.69, 9.17) is 4.74 Å². The summed E-state index contributed by atoms with van der Waals surface area (Å²) in [7, 11) is 0. The van der Waals surface area contributed by atoms with E-state index < -0.39 is 0 Å². The third-order valence-electron chi connectivity index (χ3n) is 5.89. The summed E-state index contributed by atoms with van der Waals surface area (Å²) in [6.07, 6.45) is 6.41. The highest BCUT2D eigenvalue weighted by Crippen LogP contribution is 2.30. The van der Waals surface area contributed by atoms with Crippen molar-refractivity contribution in [2.24, 2.45) is 0 Å². The Balaban J connectivity index is 1.76. The molecule has 0 radical (unpaired) electrons. The molecular weight excluding hydrogens is 503 g/mol. The number of benzene rings is 3. The van der Waals surface area contributed by atoms with E-state index in [0.717, 1.165) is 56.5 Å². The summed E-state index contributed by atoms with van der Waals surface area (Å²) in [4.78, 5) is 12.2. The topological polar surface area (TPSA) is 26.3 Å². The molecule has 0 bridgehead atoms. The van der Waals surface area contributed by atoms with Crippen LogP contribution >= 0.6 is 15.9 Å². The summed E-state index contributed by atoms with van der Waals surface area (Å²) >= 11 is 3.56. The van der Waals surface area contributed by atoms with Gasteiger partial charge in [0.2, 0.25) is 0 Å². The summed E-state index contributed by atoms with van der Waals surface area (Å²) in [5.41, 5.74) is 6.97. The van der Waals surface area contributed by atoms with E-state index in [1.54, 1.807) is 6.07 Å². The van der Waals surface area contributed by atoms with Gasteiger partial charge in [-0.3, -0.25) is 4.79 Å².